The Kier molecular flexibility index (Phi) is 4.74. The molecule has 0 saturated heterocycles. The normalized spacial score (nSPS) is 10.2. The van der Waals surface area contributed by atoms with E-state index in [0.717, 1.165) is 10.0 Å². The number of hydrogen-bond acceptors (Lipinski definition) is 4. The van der Waals surface area contributed by atoms with Crippen LogP contribution in [0.15, 0.2) is 40.9 Å². The second-order valence-corrected chi connectivity index (χ2v) is 5.04. The largest absolute Gasteiger partial charge is 0.496 e. The van der Waals surface area contributed by atoms with Gasteiger partial charge in [0.25, 0.3) is 0 Å². The number of nitrogens with two attached hydrogens (primary N) is 1. The Labute approximate surface area is 126 Å². The van der Waals surface area contributed by atoms with Crippen molar-refractivity contribution < 1.29 is 14.2 Å². The molecule has 0 heterocycles. The Morgan fingerprint density at radius 1 is 0.950 bits per heavy atom. The summed E-state index contributed by atoms with van der Waals surface area (Å²) in [4.78, 5) is 0. The molecule has 0 bridgehead atoms. The maximum absolute atomic E-state index is 5.77. The molecule has 0 unspecified atom stereocenters. The molecule has 4 nitrogen and oxygen atoms in total. The molecule has 5 heteroatoms. The van der Waals surface area contributed by atoms with Crippen molar-refractivity contribution in [3.63, 3.8) is 0 Å². The number of benzene rings is 2. The van der Waals surface area contributed by atoms with E-state index < -0.39 is 0 Å². The zero-order valence-electron chi connectivity index (χ0n) is 11.4. The van der Waals surface area contributed by atoms with Crippen LogP contribution in [0.4, 0.5) is 5.69 Å². The zero-order valence-corrected chi connectivity index (χ0v) is 12.9. The molecule has 0 aliphatic heterocycles. The quantitative estimate of drug-likeness (QED) is 0.846. The molecule has 0 saturated carbocycles. The summed E-state index contributed by atoms with van der Waals surface area (Å²) in [6, 6.07) is 11.0. The molecule has 0 atom stereocenters. The first-order chi connectivity index (χ1) is 9.62. The fourth-order valence-electron chi connectivity index (χ4n) is 1.71. The van der Waals surface area contributed by atoms with E-state index in [1.165, 1.54) is 0 Å². The molecule has 0 radical (unpaired) electrons. The molecule has 20 heavy (non-hydrogen) atoms. The van der Waals surface area contributed by atoms with Gasteiger partial charge in [-0.3, -0.25) is 0 Å². The molecule has 2 aromatic carbocycles. The highest BCUT2D eigenvalue weighted by Crippen LogP contribution is 2.29. The summed E-state index contributed by atoms with van der Waals surface area (Å²) < 4.78 is 17.1. The Morgan fingerprint density at radius 2 is 1.55 bits per heavy atom. The summed E-state index contributed by atoms with van der Waals surface area (Å²) in [5.41, 5.74) is 7.43. The van der Waals surface area contributed by atoms with E-state index in [1.54, 1.807) is 20.3 Å². The first-order valence-electron chi connectivity index (χ1n) is 6.02. The van der Waals surface area contributed by atoms with Gasteiger partial charge in [0.1, 0.15) is 23.9 Å². The minimum absolute atomic E-state index is 0.428. The van der Waals surface area contributed by atoms with E-state index in [4.69, 9.17) is 19.9 Å². The van der Waals surface area contributed by atoms with E-state index in [1.807, 2.05) is 30.3 Å². The summed E-state index contributed by atoms with van der Waals surface area (Å²) in [5.74, 6) is 2.07. The van der Waals surface area contributed by atoms with Gasteiger partial charge in [-0.2, -0.15) is 0 Å². The number of methoxy groups -OCH3 is 2. The van der Waals surface area contributed by atoms with Crippen LogP contribution in [0, 0.1) is 0 Å². The fourth-order valence-corrected chi connectivity index (χ4v) is 2.22. The van der Waals surface area contributed by atoms with Crippen molar-refractivity contribution in [1.29, 1.82) is 0 Å². The highest BCUT2D eigenvalue weighted by Gasteiger charge is 2.05. The number of hydrogen-bond donors (Lipinski definition) is 1. The molecular formula is C15H16BrNO3. The summed E-state index contributed by atoms with van der Waals surface area (Å²) in [5, 5.41) is 0. The first kappa shape index (κ1) is 14.5. The Morgan fingerprint density at radius 3 is 2.10 bits per heavy atom. The van der Waals surface area contributed by atoms with Gasteiger partial charge in [0.05, 0.1) is 14.2 Å². The van der Waals surface area contributed by atoms with Gasteiger partial charge in [0.2, 0.25) is 0 Å². The second-order valence-electron chi connectivity index (χ2n) is 4.19. The van der Waals surface area contributed by atoms with Crippen molar-refractivity contribution in [2.45, 2.75) is 6.61 Å². The number of nitrogen functional groups attached to an aromatic ring is 1. The van der Waals surface area contributed by atoms with Gasteiger partial charge in [0, 0.05) is 33.9 Å². The van der Waals surface area contributed by atoms with E-state index in [2.05, 4.69) is 15.9 Å². The van der Waals surface area contributed by atoms with Gasteiger partial charge in [-0.25, -0.2) is 0 Å². The van der Waals surface area contributed by atoms with Crippen molar-refractivity contribution in [2.24, 2.45) is 0 Å². The standard InChI is InChI=1S/C15H16BrNO3/c1-18-12-6-13(19-2)8-14(7-12)20-9-10-3-4-11(17)5-15(10)16/h3-8H,9,17H2,1-2H3. The summed E-state index contributed by atoms with van der Waals surface area (Å²) in [7, 11) is 3.21. The van der Waals surface area contributed by atoms with Crippen LogP contribution in [0.2, 0.25) is 0 Å². The van der Waals surface area contributed by atoms with Crippen LogP contribution in [-0.4, -0.2) is 14.2 Å². The zero-order chi connectivity index (χ0) is 14.5. The average Bonchev–Trinajstić information content (AvgIpc) is 2.46. The van der Waals surface area contributed by atoms with Crippen molar-refractivity contribution in [2.75, 3.05) is 20.0 Å². The van der Waals surface area contributed by atoms with Crippen molar-refractivity contribution >= 4 is 21.6 Å². The molecule has 2 N–H and O–H groups in total. The summed E-state index contributed by atoms with van der Waals surface area (Å²) in [6.45, 7) is 0.428. The Hall–Kier alpha value is -1.88. The van der Waals surface area contributed by atoms with E-state index in [9.17, 15) is 0 Å². The fraction of sp³-hybridized carbons (Fsp3) is 0.200. The number of halogens is 1. The van der Waals surface area contributed by atoms with Gasteiger partial charge < -0.3 is 19.9 Å². The topological polar surface area (TPSA) is 53.7 Å². The molecule has 0 fully saturated rings. The van der Waals surface area contributed by atoms with Crippen molar-refractivity contribution in [3.8, 4) is 17.2 Å². The van der Waals surface area contributed by atoms with Crippen molar-refractivity contribution in [1.82, 2.24) is 0 Å². The second kappa shape index (κ2) is 6.52. The number of rotatable bonds is 5. The van der Waals surface area contributed by atoms with Crippen LogP contribution >= 0.6 is 15.9 Å². The molecule has 106 valence electrons. The number of ether oxygens (including phenoxy) is 3. The lowest BCUT2D eigenvalue weighted by Gasteiger charge is -2.11. The minimum Gasteiger partial charge on any atom is -0.496 e. The van der Waals surface area contributed by atoms with E-state index >= 15 is 0 Å². The van der Waals surface area contributed by atoms with Gasteiger partial charge in [-0.05, 0) is 12.1 Å². The highest BCUT2D eigenvalue weighted by atomic mass is 79.9. The smallest absolute Gasteiger partial charge is 0.127 e. The average molecular weight is 338 g/mol. The molecule has 0 aliphatic rings. The number of anilines is 1. The Balaban J connectivity index is 2.13. The maximum atomic E-state index is 5.77. The molecule has 0 aromatic heterocycles. The maximum Gasteiger partial charge on any atom is 0.127 e. The first-order valence-corrected chi connectivity index (χ1v) is 6.81. The molecular weight excluding hydrogens is 322 g/mol. The molecule has 0 spiro atoms. The van der Waals surface area contributed by atoms with Crippen LogP contribution in [0.3, 0.4) is 0 Å². The van der Waals surface area contributed by atoms with Gasteiger partial charge in [-0.15, -0.1) is 0 Å². The molecule has 2 rings (SSSR count). The van der Waals surface area contributed by atoms with Gasteiger partial charge >= 0.3 is 0 Å². The molecule has 2 aromatic rings. The lowest BCUT2D eigenvalue weighted by molar-refractivity contribution is 0.300. The summed E-state index contributed by atoms with van der Waals surface area (Å²) in [6.07, 6.45) is 0. The third kappa shape index (κ3) is 3.57. The lowest BCUT2D eigenvalue weighted by Crippen LogP contribution is -1.98. The summed E-state index contributed by atoms with van der Waals surface area (Å²) >= 11 is 3.47. The minimum atomic E-state index is 0.428. The van der Waals surface area contributed by atoms with E-state index in [0.29, 0.717) is 29.5 Å². The predicted octanol–water partition coefficient (Wildman–Crippen LogP) is 3.63. The predicted molar refractivity (Wildman–Crippen MR) is 82.4 cm³/mol. The third-order valence-electron chi connectivity index (χ3n) is 2.80. The monoisotopic (exact) mass is 337 g/mol. The van der Waals surface area contributed by atoms with E-state index in [-0.39, 0.29) is 0 Å². The van der Waals surface area contributed by atoms with Crippen LogP contribution in [0.1, 0.15) is 5.56 Å². The van der Waals surface area contributed by atoms with Crippen LogP contribution in [-0.2, 0) is 6.61 Å². The van der Waals surface area contributed by atoms with Crippen LogP contribution in [0.5, 0.6) is 17.2 Å². The third-order valence-corrected chi connectivity index (χ3v) is 3.53. The van der Waals surface area contributed by atoms with Gasteiger partial charge in [-0.1, -0.05) is 22.0 Å². The van der Waals surface area contributed by atoms with Crippen LogP contribution < -0.4 is 19.9 Å². The Bertz CT molecular complexity index is 579. The highest BCUT2D eigenvalue weighted by molar-refractivity contribution is 9.10. The molecule has 0 amide bonds. The van der Waals surface area contributed by atoms with Crippen molar-refractivity contribution in [3.05, 3.63) is 46.4 Å². The van der Waals surface area contributed by atoms with Crippen LogP contribution in [0.25, 0.3) is 0 Å². The lowest BCUT2D eigenvalue weighted by atomic mass is 10.2. The molecule has 0 aliphatic carbocycles. The van der Waals surface area contributed by atoms with Gasteiger partial charge in [0.15, 0.2) is 0 Å². The SMILES string of the molecule is COc1cc(OC)cc(OCc2ccc(N)cc2Br)c1.